The zero-order chi connectivity index (χ0) is 11.8. The monoisotopic (exact) mass is 232 g/mol. The van der Waals surface area contributed by atoms with E-state index in [4.69, 9.17) is 9.63 Å². The Morgan fingerprint density at radius 1 is 1.47 bits per heavy atom. The Kier molecular flexibility index (Phi) is 2.10. The molecule has 2 aromatic heterocycles. The maximum Gasteiger partial charge on any atom is 0.307 e. The number of carbonyl (C=O) groups is 1. The number of rotatable bonds is 3. The van der Waals surface area contributed by atoms with Gasteiger partial charge in [-0.05, 0) is 6.42 Å². The zero-order valence-corrected chi connectivity index (χ0v) is 8.65. The second-order valence-corrected chi connectivity index (χ2v) is 3.83. The van der Waals surface area contributed by atoms with Crippen molar-refractivity contribution in [1.82, 2.24) is 20.1 Å². The van der Waals surface area contributed by atoms with Crippen LogP contribution in [0, 0.1) is 5.92 Å². The third-order valence-electron chi connectivity index (χ3n) is 2.66. The topological polar surface area (TPSA) is 102 Å². The van der Waals surface area contributed by atoms with Gasteiger partial charge in [0.15, 0.2) is 0 Å². The van der Waals surface area contributed by atoms with E-state index in [9.17, 15) is 4.79 Å². The lowest BCUT2D eigenvalue weighted by Crippen LogP contribution is -1.99. The molecule has 86 valence electrons. The van der Waals surface area contributed by atoms with Crippen molar-refractivity contribution in [3.8, 4) is 11.5 Å². The molecule has 0 radical (unpaired) electrons. The molecule has 1 aliphatic carbocycles. The van der Waals surface area contributed by atoms with Gasteiger partial charge >= 0.3 is 5.97 Å². The molecule has 1 aliphatic rings. The fraction of sp³-hybridized carbons (Fsp3) is 0.300. The van der Waals surface area contributed by atoms with Crippen LogP contribution in [0.15, 0.2) is 23.1 Å². The van der Waals surface area contributed by atoms with Gasteiger partial charge in [0, 0.05) is 12.4 Å². The van der Waals surface area contributed by atoms with Crippen LogP contribution in [0.5, 0.6) is 0 Å². The smallest absolute Gasteiger partial charge is 0.307 e. The van der Waals surface area contributed by atoms with Crippen molar-refractivity contribution < 1.29 is 14.4 Å². The third kappa shape index (κ3) is 1.75. The summed E-state index contributed by atoms with van der Waals surface area (Å²) in [5, 5.41) is 12.6. The Hall–Kier alpha value is -2.31. The van der Waals surface area contributed by atoms with E-state index in [2.05, 4.69) is 20.1 Å². The summed E-state index contributed by atoms with van der Waals surface area (Å²) in [4.78, 5) is 22.8. The first-order valence-corrected chi connectivity index (χ1v) is 5.08. The quantitative estimate of drug-likeness (QED) is 0.831. The van der Waals surface area contributed by atoms with Crippen LogP contribution < -0.4 is 0 Å². The molecule has 7 heteroatoms. The average molecular weight is 232 g/mol. The van der Waals surface area contributed by atoms with Gasteiger partial charge < -0.3 is 9.63 Å². The molecule has 7 nitrogen and oxygen atoms in total. The van der Waals surface area contributed by atoms with Crippen LogP contribution in [0.25, 0.3) is 11.5 Å². The molecular formula is C10H8N4O3. The first kappa shape index (κ1) is 9.88. The third-order valence-corrected chi connectivity index (χ3v) is 2.66. The predicted octanol–water partition coefficient (Wildman–Crippen LogP) is 0.715. The van der Waals surface area contributed by atoms with E-state index < -0.39 is 11.9 Å². The van der Waals surface area contributed by atoms with E-state index in [0.717, 1.165) is 0 Å². The van der Waals surface area contributed by atoms with Gasteiger partial charge in [-0.25, -0.2) is 4.98 Å². The number of aliphatic carboxylic acids is 1. The highest BCUT2D eigenvalue weighted by atomic mass is 16.5. The highest BCUT2D eigenvalue weighted by Crippen LogP contribution is 2.46. The molecule has 1 saturated carbocycles. The van der Waals surface area contributed by atoms with Crippen molar-refractivity contribution in [1.29, 1.82) is 0 Å². The van der Waals surface area contributed by atoms with Crippen molar-refractivity contribution in [2.45, 2.75) is 12.3 Å². The minimum absolute atomic E-state index is 0.162. The summed E-state index contributed by atoms with van der Waals surface area (Å²) in [6.45, 7) is 0. The SMILES string of the molecule is O=C(O)C1CC1c1nc(-c2cnccn2)no1. The van der Waals surface area contributed by atoms with Gasteiger partial charge in [0.25, 0.3) is 0 Å². The van der Waals surface area contributed by atoms with Crippen LogP contribution in [0.1, 0.15) is 18.2 Å². The van der Waals surface area contributed by atoms with Crippen molar-refractivity contribution in [3.05, 3.63) is 24.5 Å². The lowest BCUT2D eigenvalue weighted by Gasteiger charge is -1.89. The van der Waals surface area contributed by atoms with Gasteiger partial charge in [-0.3, -0.25) is 9.78 Å². The molecule has 3 rings (SSSR count). The summed E-state index contributed by atoms with van der Waals surface area (Å²) < 4.78 is 5.03. The summed E-state index contributed by atoms with van der Waals surface area (Å²) in [7, 11) is 0. The summed E-state index contributed by atoms with van der Waals surface area (Å²) in [5.41, 5.74) is 0.509. The van der Waals surface area contributed by atoms with Gasteiger partial charge in [0.1, 0.15) is 5.69 Å². The van der Waals surface area contributed by atoms with E-state index in [1.807, 2.05) is 0 Å². The Labute approximate surface area is 95.5 Å². The average Bonchev–Trinajstić information content (AvgIpc) is 3.01. The van der Waals surface area contributed by atoms with Crippen LogP contribution in [0.2, 0.25) is 0 Å². The van der Waals surface area contributed by atoms with Gasteiger partial charge in [0.05, 0.1) is 18.0 Å². The van der Waals surface area contributed by atoms with Gasteiger partial charge in [-0.15, -0.1) is 0 Å². The number of carboxylic acid groups (broad SMARTS) is 1. The first-order valence-electron chi connectivity index (χ1n) is 5.08. The van der Waals surface area contributed by atoms with Crippen LogP contribution in [0.4, 0.5) is 0 Å². The van der Waals surface area contributed by atoms with E-state index in [1.54, 1.807) is 6.20 Å². The Balaban J connectivity index is 1.83. The van der Waals surface area contributed by atoms with E-state index in [-0.39, 0.29) is 5.92 Å². The van der Waals surface area contributed by atoms with Crippen molar-refractivity contribution in [2.24, 2.45) is 5.92 Å². The van der Waals surface area contributed by atoms with E-state index in [1.165, 1.54) is 12.4 Å². The second-order valence-electron chi connectivity index (χ2n) is 3.83. The number of nitrogens with zero attached hydrogens (tertiary/aromatic N) is 4. The largest absolute Gasteiger partial charge is 0.481 e. The molecule has 0 aliphatic heterocycles. The minimum Gasteiger partial charge on any atom is -0.481 e. The van der Waals surface area contributed by atoms with E-state index in [0.29, 0.717) is 23.8 Å². The number of hydrogen-bond acceptors (Lipinski definition) is 6. The van der Waals surface area contributed by atoms with Crippen LogP contribution in [-0.4, -0.2) is 31.2 Å². The van der Waals surface area contributed by atoms with Crippen molar-refractivity contribution in [2.75, 3.05) is 0 Å². The van der Waals surface area contributed by atoms with Gasteiger partial charge in [-0.2, -0.15) is 4.98 Å². The second kappa shape index (κ2) is 3.62. The fourth-order valence-electron chi connectivity index (χ4n) is 1.65. The molecule has 0 aromatic carbocycles. The molecular weight excluding hydrogens is 224 g/mol. The number of hydrogen-bond donors (Lipinski definition) is 1. The Morgan fingerprint density at radius 3 is 3.00 bits per heavy atom. The zero-order valence-electron chi connectivity index (χ0n) is 8.65. The highest BCUT2D eigenvalue weighted by molar-refractivity contribution is 5.74. The predicted molar refractivity (Wildman–Crippen MR) is 53.8 cm³/mol. The fourth-order valence-corrected chi connectivity index (χ4v) is 1.65. The maximum absolute atomic E-state index is 10.7. The molecule has 0 bridgehead atoms. The van der Waals surface area contributed by atoms with Crippen LogP contribution >= 0.6 is 0 Å². The lowest BCUT2D eigenvalue weighted by molar-refractivity contribution is -0.138. The summed E-state index contributed by atoms with van der Waals surface area (Å²) in [6, 6.07) is 0. The van der Waals surface area contributed by atoms with Crippen LogP contribution in [0.3, 0.4) is 0 Å². The van der Waals surface area contributed by atoms with Gasteiger partial charge in [-0.1, -0.05) is 5.16 Å². The number of aromatic nitrogens is 4. The summed E-state index contributed by atoms with van der Waals surface area (Å²) in [5.74, 6) is -0.688. The molecule has 2 aromatic rings. The molecule has 0 saturated heterocycles. The first-order chi connectivity index (χ1) is 8.25. The standard InChI is InChI=1S/C10H8N4O3/c15-10(16)6-3-5(6)9-13-8(14-17-9)7-4-11-1-2-12-7/h1-2,4-6H,3H2,(H,15,16). The molecule has 2 heterocycles. The molecule has 17 heavy (non-hydrogen) atoms. The normalized spacial score (nSPS) is 22.4. The van der Waals surface area contributed by atoms with Crippen molar-refractivity contribution >= 4 is 5.97 Å². The lowest BCUT2D eigenvalue weighted by atomic mass is 10.3. The molecule has 1 fully saturated rings. The molecule has 0 spiro atoms. The Morgan fingerprint density at radius 2 is 2.35 bits per heavy atom. The van der Waals surface area contributed by atoms with Crippen molar-refractivity contribution in [3.63, 3.8) is 0 Å². The van der Waals surface area contributed by atoms with Crippen LogP contribution in [-0.2, 0) is 4.79 Å². The molecule has 1 N–H and O–H groups in total. The summed E-state index contributed by atoms with van der Waals surface area (Å²) >= 11 is 0. The minimum atomic E-state index is -0.825. The summed E-state index contributed by atoms with van der Waals surface area (Å²) in [6.07, 6.45) is 5.15. The van der Waals surface area contributed by atoms with E-state index >= 15 is 0 Å². The molecule has 2 atom stereocenters. The van der Waals surface area contributed by atoms with Gasteiger partial charge in [0.2, 0.25) is 11.7 Å². The highest BCUT2D eigenvalue weighted by Gasteiger charge is 2.48. The molecule has 2 unspecified atom stereocenters. The Bertz CT molecular complexity index is 554. The number of carboxylic acids is 1. The molecule has 0 amide bonds. The maximum atomic E-state index is 10.7.